The fourth-order valence-electron chi connectivity index (χ4n) is 11.9. The summed E-state index contributed by atoms with van der Waals surface area (Å²) in [4.78, 5) is 5.33. The molecule has 10 heteroatoms. The van der Waals surface area contributed by atoms with E-state index in [4.69, 9.17) is 0 Å². The highest BCUT2D eigenvalue weighted by Crippen LogP contribution is 2.16. The molecule has 0 bridgehead atoms. The maximum atomic E-state index is 10.7. The smallest absolute Gasteiger partial charge is 0.0664 e. The summed E-state index contributed by atoms with van der Waals surface area (Å²) in [6, 6.07) is 0. The van der Waals surface area contributed by atoms with Gasteiger partial charge in [-0.15, -0.1) is 0 Å². The van der Waals surface area contributed by atoms with Crippen molar-refractivity contribution in [2.24, 2.45) is 0 Å². The second-order valence-corrected chi connectivity index (χ2v) is 25.8. The Kier molecular flexibility index (Phi) is 68.4. The zero-order valence-electron chi connectivity index (χ0n) is 55.5. The van der Waals surface area contributed by atoms with Crippen LogP contribution >= 0.6 is 0 Å². The molecule has 0 aliphatic rings. The van der Waals surface area contributed by atoms with Crippen molar-refractivity contribution in [2.45, 2.75) is 367 Å². The van der Waals surface area contributed by atoms with Crippen LogP contribution in [0.3, 0.4) is 0 Å². The average molecular weight is 1150 g/mol. The van der Waals surface area contributed by atoms with E-state index in [0.29, 0.717) is 26.2 Å². The zero-order chi connectivity index (χ0) is 58.8. The Bertz CT molecular complexity index is 979. The molecule has 0 heterocycles. The molecule has 0 aliphatic carbocycles. The van der Waals surface area contributed by atoms with Gasteiger partial charge in [-0.25, -0.2) is 0 Å². The third-order valence-electron chi connectivity index (χ3n) is 17.3. The van der Waals surface area contributed by atoms with Crippen molar-refractivity contribution in [3.63, 3.8) is 0 Å². The van der Waals surface area contributed by atoms with Gasteiger partial charge in [-0.2, -0.15) is 0 Å². The lowest BCUT2D eigenvalue weighted by atomic mass is 10.0. The van der Waals surface area contributed by atoms with Crippen LogP contribution < -0.4 is 21.3 Å². The molecule has 10 nitrogen and oxygen atoms in total. The largest absolute Gasteiger partial charge is 0.392 e. The van der Waals surface area contributed by atoms with Crippen LogP contribution in [0.5, 0.6) is 0 Å². The molecule has 0 rings (SSSR count). The number of unbranched alkanes of at least 4 members (excludes halogenated alkanes) is 36. The molecular weight excluding hydrogens is 1000 g/mol. The number of aliphatic hydroxyl groups is 4. The van der Waals surface area contributed by atoms with E-state index in [0.717, 1.165) is 149 Å². The average Bonchev–Trinajstić information content (AvgIpc) is 3.46. The highest BCUT2D eigenvalue weighted by Gasteiger charge is 2.12. The summed E-state index contributed by atoms with van der Waals surface area (Å²) in [6.45, 7) is 22.0. The molecular formula is C71H150N6O4. The van der Waals surface area contributed by atoms with Gasteiger partial charge in [0.15, 0.2) is 0 Å². The van der Waals surface area contributed by atoms with Crippen LogP contribution in [-0.2, 0) is 0 Å². The van der Waals surface area contributed by atoms with E-state index >= 15 is 0 Å². The van der Waals surface area contributed by atoms with Gasteiger partial charge in [0.1, 0.15) is 0 Å². The Hall–Kier alpha value is -0.400. The quantitative estimate of drug-likeness (QED) is 0.0278. The molecule has 0 amide bonds. The van der Waals surface area contributed by atoms with E-state index in [2.05, 4.69) is 58.8 Å². The normalized spacial score (nSPS) is 13.6. The second kappa shape index (κ2) is 68.7. The van der Waals surface area contributed by atoms with Crippen LogP contribution in [0, 0.1) is 0 Å². The minimum absolute atomic E-state index is 0.253. The van der Waals surface area contributed by atoms with Crippen LogP contribution in [0.4, 0.5) is 0 Å². The second-order valence-electron chi connectivity index (χ2n) is 25.8. The first-order chi connectivity index (χ1) is 39.9. The van der Waals surface area contributed by atoms with Gasteiger partial charge in [-0.05, 0) is 123 Å². The minimum atomic E-state index is -0.253. The Morgan fingerprint density at radius 2 is 0.370 bits per heavy atom. The van der Waals surface area contributed by atoms with Gasteiger partial charge >= 0.3 is 0 Å². The monoisotopic (exact) mass is 1150 g/mol. The molecule has 0 saturated carbocycles. The van der Waals surface area contributed by atoms with E-state index in [1.807, 2.05) is 0 Å². The first-order valence-corrected chi connectivity index (χ1v) is 36.9. The molecule has 81 heavy (non-hydrogen) atoms. The molecule has 4 atom stereocenters. The number of nitrogens with zero attached hydrogens (tertiary/aromatic N) is 2. The van der Waals surface area contributed by atoms with Crippen molar-refractivity contribution in [1.82, 2.24) is 31.1 Å². The van der Waals surface area contributed by atoms with Gasteiger partial charge in [0.25, 0.3) is 0 Å². The van der Waals surface area contributed by atoms with E-state index in [1.165, 1.54) is 231 Å². The molecule has 0 spiro atoms. The van der Waals surface area contributed by atoms with Crippen molar-refractivity contribution in [1.29, 1.82) is 0 Å². The van der Waals surface area contributed by atoms with E-state index in [-0.39, 0.29) is 24.4 Å². The van der Waals surface area contributed by atoms with Gasteiger partial charge in [0, 0.05) is 26.2 Å². The zero-order valence-corrected chi connectivity index (χ0v) is 55.5. The summed E-state index contributed by atoms with van der Waals surface area (Å²) in [5.74, 6) is 0. The highest BCUT2D eigenvalue weighted by atomic mass is 16.3. The number of rotatable bonds is 72. The maximum absolute atomic E-state index is 10.7. The Balaban J connectivity index is 5.09. The Labute approximate surface area is 507 Å². The van der Waals surface area contributed by atoms with Crippen molar-refractivity contribution < 1.29 is 20.4 Å². The third kappa shape index (κ3) is 65.4. The lowest BCUT2D eigenvalue weighted by Crippen LogP contribution is -2.37. The van der Waals surface area contributed by atoms with Gasteiger partial charge < -0.3 is 51.5 Å². The van der Waals surface area contributed by atoms with E-state index < -0.39 is 0 Å². The SMILES string of the molecule is CCCCCCCCCCCCC(O)CNCCCN(CCCNCC(O)CCCCCCCCCCCC)CCCN(CCCNCC(O)CCCCCCCCCCCC)CCCNCC(O)CCCCCCCCCCCC. The topological polar surface area (TPSA) is 136 Å². The molecule has 8 N–H and O–H groups in total. The van der Waals surface area contributed by atoms with Gasteiger partial charge in [0.2, 0.25) is 0 Å². The molecule has 0 aromatic rings. The van der Waals surface area contributed by atoms with E-state index in [9.17, 15) is 20.4 Å². The predicted octanol–water partition coefficient (Wildman–Crippen LogP) is 16.6. The fraction of sp³-hybridized carbons (Fsp3) is 1.00. The fourth-order valence-corrected chi connectivity index (χ4v) is 11.9. The molecule has 0 aromatic heterocycles. The van der Waals surface area contributed by atoms with Crippen molar-refractivity contribution in [3.8, 4) is 0 Å². The van der Waals surface area contributed by atoms with Crippen LogP contribution in [0.2, 0.25) is 0 Å². The molecule has 0 fully saturated rings. The van der Waals surface area contributed by atoms with Crippen LogP contribution in [0.15, 0.2) is 0 Å². The van der Waals surface area contributed by atoms with Gasteiger partial charge in [-0.3, -0.25) is 0 Å². The number of hydrogen-bond acceptors (Lipinski definition) is 10. The van der Waals surface area contributed by atoms with E-state index in [1.54, 1.807) is 0 Å². The van der Waals surface area contributed by atoms with Crippen molar-refractivity contribution >= 4 is 0 Å². The summed E-state index contributed by atoms with van der Waals surface area (Å²) >= 11 is 0. The first-order valence-electron chi connectivity index (χ1n) is 36.9. The summed E-state index contributed by atoms with van der Waals surface area (Å²) in [5.41, 5.74) is 0. The Morgan fingerprint density at radius 1 is 0.210 bits per heavy atom. The molecule has 0 aromatic carbocycles. The maximum Gasteiger partial charge on any atom is 0.0664 e. The molecule has 0 radical (unpaired) electrons. The van der Waals surface area contributed by atoms with Crippen LogP contribution in [0.1, 0.15) is 342 Å². The summed E-state index contributed by atoms with van der Waals surface area (Å²) in [5, 5.41) is 57.3. The number of nitrogens with one attached hydrogen (secondary N) is 4. The molecule has 0 saturated heterocycles. The molecule has 488 valence electrons. The first kappa shape index (κ1) is 80.6. The number of aliphatic hydroxyl groups excluding tert-OH is 4. The standard InChI is InChI=1S/C71H150N6O4/c1-5-9-13-17-21-25-29-33-37-41-50-68(78)64-72-54-45-58-76(59-46-55-73-65-69(79)51-42-38-34-30-26-22-18-14-10-6-2)62-49-63-77(60-47-56-74-66-70(80)52-43-39-35-31-27-23-19-15-11-7-3)61-48-57-75-67-71(81)53-44-40-36-32-28-24-20-16-12-8-4/h68-75,78-81H,5-67H2,1-4H3. The van der Waals surface area contributed by atoms with Crippen LogP contribution in [-0.4, -0.2) is 146 Å². The molecule has 4 unspecified atom stereocenters. The number of hydrogen-bond donors (Lipinski definition) is 8. The van der Waals surface area contributed by atoms with Gasteiger partial charge in [-0.1, -0.05) is 285 Å². The predicted molar refractivity (Wildman–Crippen MR) is 357 cm³/mol. The summed E-state index contributed by atoms with van der Waals surface area (Å²) in [7, 11) is 0. The van der Waals surface area contributed by atoms with Crippen LogP contribution in [0.25, 0.3) is 0 Å². The van der Waals surface area contributed by atoms with Crippen molar-refractivity contribution in [3.05, 3.63) is 0 Å². The highest BCUT2D eigenvalue weighted by molar-refractivity contribution is 4.70. The van der Waals surface area contributed by atoms with Crippen molar-refractivity contribution in [2.75, 3.05) is 91.6 Å². The third-order valence-corrected chi connectivity index (χ3v) is 17.3. The lowest BCUT2D eigenvalue weighted by Gasteiger charge is -2.26. The summed E-state index contributed by atoms with van der Waals surface area (Å²) < 4.78 is 0. The minimum Gasteiger partial charge on any atom is -0.392 e. The van der Waals surface area contributed by atoms with Gasteiger partial charge in [0.05, 0.1) is 24.4 Å². The Morgan fingerprint density at radius 3 is 0.556 bits per heavy atom. The lowest BCUT2D eigenvalue weighted by molar-refractivity contribution is 0.155. The molecule has 0 aliphatic heterocycles. The summed E-state index contributed by atoms with van der Waals surface area (Å²) in [6.07, 6.45) is 61.1.